The van der Waals surface area contributed by atoms with E-state index in [1.54, 1.807) is 6.20 Å². The molecule has 2 N–H and O–H groups in total. The van der Waals surface area contributed by atoms with Gasteiger partial charge in [0, 0.05) is 18.3 Å². The Morgan fingerprint density at radius 3 is 2.84 bits per heavy atom. The number of carbonyl (C=O) groups is 1. The second kappa shape index (κ2) is 8.05. The van der Waals surface area contributed by atoms with Crippen LogP contribution in [0.25, 0.3) is 11.5 Å². The highest BCUT2D eigenvalue weighted by Gasteiger charge is 2.11. The first-order valence-corrected chi connectivity index (χ1v) is 8.06. The summed E-state index contributed by atoms with van der Waals surface area (Å²) in [7, 11) is 0. The summed E-state index contributed by atoms with van der Waals surface area (Å²) in [6.07, 6.45) is 1.80. The van der Waals surface area contributed by atoms with Gasteiger partial charge in [-0.05, 0) is 25.1 Å². The van der Waals surface area contributed by atoms with E-state index in [2.05, 4.69) is 25.5 Å². The normalized spacial score (nSPS) is 10.4. The number of aromatic nitrogens is 4. The molecule has 0 unspecified atom stereocenters. The molecule has 0 saturated heterocycles. The number of hydrogen-bond acceptors (Lipinski definition) is 5. The number of nitrogens with one attached hydrogen (secondary N) is 2. The van der Waals surface area contributed by atoms with Gasteiger partial charge in [-0.3, -0.25) is 14.9 Å². The summed E-state index contributed by atoms with van der Waals surface area (Å²) < 4.78 is 5.55. The third kappa shape index (κ3) is 4.41. The third-order valence-corrected chi connectivity index (χ3v) is 3.50. The Balaban J connectivity index is 1.58. The first-order valence-electron chi connectivity index (χ1n) is 8.06. The zero-order valence-electron chi connectivity index (χ0n) is 13.9. The number of rotatable bonds is 7. The van der Waals surface area contributed by atoms with Crippen LogP contribution in [0.2, 0.25) is 0 Å². The van der Waals surface area contributed by atoms with Crippen molar-refractivity contribution in [3.05, 3.63) is 60.0 Å². The highest BCUT2D eigenvalue weighted by molar-refractivity contribution is 5.77. The molecule has 1 aromatic carbocycles. The number of carbonyl (C=O) groups excluding carboxylic acids is 1. The van der Waals surface area contributed by atoms with E-state index in [-0.39, 0.29) is 12.3 Å². The molecular formula is C18H19N5O2. The van der Waals surface area contributed by atoms with Gasteiger partial charge < -0.3 is 10.1 Å². The molecule has 0 bridgehead atoms. The van der Waals surface area contributed by atoms with E-state index in [9.17, 15) is 4.79 Å². The summed E-state index contributed by atoms with van der Waals surface area (Å²) in [6.45, 7) is 2.91. The molecule has 0 aliphatic carbocycles. The number of ether oxygens (including phenoxy) is 1. The molecular weight excluding hydrogens is 318 g/mol. The van der Waals surface area contributed by atoms with Gasteiger partial charge in [0.25, 0.3) is 0 Å². The number of aromatic amines is 1. The number of para-hydroxylation sites is 1. The molecule has 0 saturated carbocycles. The lowest BCUT2D eigenvalue weighted by molar-refractivity contribution is -0.120. The van der Waals surface area contributed by atoms with Crippen LogP contribution in [0.15, 0.2) is 48.7 Å². The number of pyridine rings is 1. The molecule has 0 spiro atoms. The topological polar surface area (TPSA) is 92.8 Å². The van der Waals surface area contributed by atoms with E-state index >= 15 is 0 Å². The van der Waals surface area contributed by atoms with Crippen LogP contribution in [0.4, 0.5) is 0 Å². The highest BCUT2D eigenvalue weighted by Crippen LogP contribution is 2.17. The number of hydrogen-bond donors (Lipinski definition) is 2. The summed E-state index contributed by atoms with van der Waals surface area (Å²) in [6, 6.07) is 13.1. The van der Waals surface area contributed by atoms with Gasteiger partial charge in [0.1, 0.15) is 17.3 Å². The second-order valence-electron chi connectivity index (χ2n) is 5.31. The molecule has 7 heteroatoms. The lowest BCUT2D eigenvalue weighted by Crippen LogP contribution is -2.25. The van der Waals surface area contributed by atoms with Crippen molar-refractivity contribution in [2.45, 2.75) is 19.9 Å². The second-order valence-corrected chi connectivity index (χ2v) is 5.31. The molecule has 0 radical (unpaired) electrons. The Morgan fingerprint density at radius 2 is 2.04 bits per heavy atom. The fourth-order valence-corrected chi connectivity index (χ4v) is 2.34. The molecule has 7 nitrogen and oxygen atoms in total. The van der Waals surface area contributed by atoms with Crippen molar-refractivity contribution in [2.24, 2.45) is 0 Å². The van der Waals surface area contributed by atoms with Gasteiger partial charge in [-0.2, -0.15) is 5.10 Å². The van der Waals surface area contributed by atoms with Gasteiger partial charge in [0.15, 0.2) is 5.82 Å². The van der Waals surface area contributed by atoms with Gasteiger partial charge in [-0.15, -0.1) is 0 Å². The molecule has 3 rings (SSSR count). The molecule has 25 heavy (non-hydrogen) atoms. The summed E-state index contributed by atoms with van der Waals surface area (Å²) in [4.78, 5) is 20.6. The highest BCUT2D eigenvalue weighted by atomic mass is 16.5. The van der Waals surface area contributed by atoms with Crippen molar-refractivity contribution in [3.8, 4) is 17.3 Å². The molecule has 0 aliphatic rings. The van der Waals surface area contributed by atoms with Crippen molar-refractivity contribution in [3.63, 3.8) is 0 Å². The van der Waals surface area contributed by atoms with Crippen molar-refractivity contribution >= 4 is 5.91 Å². The SMILES string of the molecule is CCOc1ccccc1CNC(=O)Cc1nc(-c2ccccn2)n[nH]1. The predicted octanol–water partition coefficient (Wildman–Crippen LogP) is 2.12. The molecule has 2 heterocycles. The zero-order valence-corrected chi connectivity index (χ0v) is 13.9. The lowest BCUT2D eigenvalue weighted by atomic mass is 10.2. The van der Waals surface area contributed by atoms with Crippen LogP contribution in [-0.2, 0) is 17.8 Å². The molecule has 128 valence electrons. The minimum Gasteiger partial charge on any atom is -0.494 e. The Hall–Kier alpha value is -3.22. The van der Waals surface area contributed by atoms with Crippen molar-refractivity contribution < 1.29 is 9.53 Å². The molecule has 0 atom stereocenters. The van der Waals surface area contributed by atoms with E-state index in [0.717, 1.165) is 11.3 Å². The van der Waals surface area contributed by atoms with Crippen molar-refractivity contribution in [1.29, 1.82) is 0 Å². The van der Waals surface area contributed by atoms with Crippen LogP contribution in [-0.4, -0.2) is 32.7 Å². The Morgan fingerprint density at radius 1 is 1.20 bits per heavy atom. The predicted molar refractivity (Wildman–Crippen MR) is 92.8 cm³/mol. The number of amides is 1. The summed E-state index contributed by atoms with van der Waals surface area (Å²) >= 11 is 0. The first kappa shape index (κ1) is 16.6. The molecule has 1 amide bonds. The van der Waals surface area contributed by atoms with Crippen LogP contribution in [0, 0.1) is 0 Å². The molecule has 2 aromatic heterocycles. The summed E-state index contributed by atoms with van der Waals surface area (Å²) in [5.41, 5.74) is 1.60. The third-order valence-electron chi connectivity index (χ3n) is 3.50. The van der Waals surface area contributed by atoms with E-state index < -0.39 is 0 Å². The number of nitrogens with zero attached hydrogens (tertiary/aromatic N) is 3. The number of H-pyrrole nitrogens is 1. The monoisotopic (exact) mass is 337 g/mol. The van der Waals surface area contributed by atoms with Crippen molar-refractivity contribution in [2.75, 3.05) is 6.61 Å². The van der Waals surface area contributed by atoms with E-state index in [1.807, 2.05) is 49.4 Å². The Kier molecular flexibility index (Phi) is 5.36. The van der Waals surface area contributed by atoms with Crippen LogP contribution in [0.1, 0.15) is 18.3 Å². The first-order chi connectivity index (χ1) is 12.3. The average Bonchev–Trinajstić information content (AvgIpc) is 3.10. The van der Waals surface area contributed by atoms with Crippen LogP contribution >= 0.6 is 0 Å². The Labute approximate surface area is 145 Å². The maximum absolute atomic E-state index is 12.1. The van der Waals surface area contributed by atoms with Crippen LogP contribution in [0.5, 0.6) is 5.75 Å². The maximum atomic E-state index is 12.1. The smallest absolute Gasteiger partial charge is 0.227 e. The zero-order chi connectivity index (χ0) is 17.5. The molecule has 0 fully saturated rings. The van der Waals surface area contributed by atoms with E-state index in [4.69, 9.17) is 4.74 Å². The fraction of sp³-hybridized carbons (Fsp3) is 0.222. The quantitative estimate of drug-likeness (QED) is 0.689. The molecule has 0 aliphatic heterocycles. The van der Waals surface area contributed by atoms with Gasteiger partial charge in [-0.1, -0.05) is 24.3 Å². The minimum atomic E-state index is -0.143. The Bertz CT molecular complexity index is 832. The number of benzene rings is 1. The van der Waals surface area contributed by atoms with Gasteiger partial charge in [0.05, 0.1) is 13.0 Å². The van der Waals surface area contributed by atoms with Crippen LogP contribution in [0.3, 0.4) is 0 Å². The van der Waals surface area contributed by atoms with Gasteiger partial charge >= 0.3 is 0 Å². The van der Waals surface area contributed by atoms with Gasteiger partial charge in [-0.25, -0.2) is 4.98 Å². The van der Waals surface area contributed by atoms with Crippen LogP contribution < -0.4 is 10.1 Å². The molecule has 3 aromatic rings. The van der Waals surface area contributed by atoms with E-state index in [0.29, 0.717) is 30.5 Å². The van der Waals surface area contributed by atoms with Crippen molar-refractivity contribution in [1.82, 2.24) is 25.5 Å². The maximum Gasteiger partial charge on any atom is 0.227 e. The largest absolute Gasteiger partial charge is 0.494 e. The van der Waals surface area contributed by atoms with Gasteiger partial charge in [0.2, 0.25) is 5.91 Å². The fourth-order valence-electron chi connectivity index (χ4n) is 2.34. The summed E-state index contributed by atoms with van der Waals surface area (Å²) in [5, 5.41) is 9.75. The standard InChI is InChI=1S/C18H19N5O2/c1-2-25-15-9-4-3-7-13(15)12-20-17(24)11-16-21-18(23-22-16)14-8-5-6-10-19-14/h3-10H,2,11-12H2,1H3,(H,20,24)(H,21,22,23). The lowest BCUT2D eigenvalue weighted by Gasteiger charge is -2.10. The minimum absolute atomic E-state index is 0.122. The van der Waals surface area contributed by atoms with E-state index in [1.165, 1.54) is 0 Å². The average molecular weight is 337 g/mol. The summed E-state index contributed by atoms with van der Waals surface area (Å²) in [5.74, 6) is 1.61.